The molecule has 0 amide bonds. The SMILES string of the molecule is Cc1cn(COC(C)CO)c(=O)[nH]c1=O. The maximum Gasteiger partial charge on any atom is 0.330 e. The lowest BCUT2D eigenvalue weighted by Gasteiger charge is -2.11. The summed E-state index contributed by atoms with van der Waals surface area (Å²) >= 11 is 0. The third-order valence-corrected chi connectivity index (χ3v) is 1.94. The summed E-state index contributed by atoms with van der Waals surface area (Å²) in [7, 11) is 0. The van der Waals surface area contributed by atoms with E-state index in [0.717, 1.165) is 0 Å². The van der Waals surface area contributed by atoms with E-state index in [1.807, 2.05) is 0 Å². The molecule has 1 aromatic heterocycles. The van der Waals surface area contributed by atoms with Crippen molar-refractivity contribution < 1.29 is 9.84 Å². The first-order valence-corrected chi connectivity index (χ1v) is 4.57. The summed E-state index contributed by atoms with van der Waals surface area (Å²) in [6, 6.07) is 0. The monoisotopic (exact) mass is 214 g/mol. The summed E-state index contributed by atoms with van der Waals surface area (Å²) in [5.74, 6) is 0. The molecular formula is C9H14N2O4. The molecule has 6 nitrogen and oxygen atoms in total. The van der Waals surface area contributed by atoms with Crippen LogP contribution in [0.1, 0.15) is 12.5 Å². The summed E-state index contributed by atoms with van der Waals surface area (Å²) in [6.07, 6.45) is 1.08. The molecule has 1 rings (SSSR count). The second kappa shape index (κ2) is 4.90. The molecule has 84 valence electrons. The number of aromatic amines is 1. The Kier molecular flexibility index (Phi) is 3.81. The van der Waals surface area contributed by atoms with E-state index in [0.29, 0.717) is 5.56 Å². The molecule has 0 aliphatic heterocycles. The van der Waals surface area contributed by atoms with Crippen molar-refractivity contribution in [3.8, 4) is 0 Å². The number of aliphatic hydroxyl groups is 1. The number of aromatic nitrogens is 2. The minimum Gasteiger partial charge on any atom is -0.394 e. The Hall–Kier alpha value is -1.40. The van der Waals surface area contributed by atoms with Gasteiger partial charge in [0.2, 0.25) is 0 Å². The third kappa shape index (κ3) is 3.03. The van der Waals surface area contributed by atoms with E-state index in [-0.39, 0.29) is 19.4 Å². The number of nitrogens with zero attached hydrogens (tertiary/aromatic N) is 1. The maximum atomic E-state index is 11.3. The molecule has 0 saturated heterocycles. The highest BCUT2D eigenvalue weighted by atomic mass is 16.5. The van der Waals surface area contributed by atoms with Crippen LogP contribution < -0.4 is 11.2 Å². The average molecular weight is 214 g/mol. The fraction of sp³-hybridized carbons (Fsp3) is 0.556. The van der Waals surface area contributed by atoms with E-state index in [1.54, 1.807) is 13.8 Å². The molecule has 15 heavy (non-hydrogen) atoms. The van der Waals surface area contributed by atoms with E-state index < -0.39 is 11.2 Å². The van der Waals surface area contributed by atoms with Crippen LogP contribution in [0.25, 0.3) is 0 Å². The Labute approximate surface area is 86.1 Å². The van der Waals surface area contributed by atoms with Crippen molar-refractivity contribution in [2.45, 2.75) is 26.7 Å². The average Bonchev–Trinajstić information content (AvgIpc) is 2.21. The number of ether oxygens (including phenoxy) is 1. The van der Waals surface area contributed by atoms with Crippen molar-refractivity contribution in [1.29, 1.82) is 0 Å². The zero-order valence-electron chi connectivity index (χ0n) is 8.69. The first kappa shape index (κ1) is 11.7. The molecule has 2 N–H and O–H groups in total. The van der Waals surface area contributed by atoms with Crippen molar-refractivity contribution in [2.75, 3.05) is 6.61 Å². The summed E-state index contributed by atoms with van der Waals surface area (Å²) in [6.45, 7) is 3.18. The lowest BCUT2D eigenvalue weighted by molar-refractivity contribution is -0.0148. The minimum absolute atomic E-state index is 0.0121. The van der Waals surface area contributed by atoms with Gasteiger partial charge < -0.3 is 9.84 Å². The van der Waals surface area contributed by atoms with Crippen LogP contribution in [0.3, 0.4) is 0 Å². The van der Waals surface area contributed by atoms with Gasteiger partial charge in [-0.25, -0.2) is 4.79 Å². The highest BCUT2D eigenvalue weighted by molar-refractivity contribution is 5.00. The fourth-order valence-electron chi connectivity index (χ4n) is 0.975. The van der Waals surface area contributed by atoms with Crippen LogP contribution in [0.15, 0.2) is 15.8 Å². The molecule has 1 unspecified atom stereocenters. The van der Waals surface area contributed by atoms with Crippen LogP contribution in [0.4, 0.5) is 0 Å². The van der Waals surface area contributed by atoms with Gasteiger partial charge in [0.15, 0.2) is 0 Å². The van der Waals surface area contributed by atoms with E-state index in [4.69, 9.17) is 9.84 Å². The normalized spacial score (nSPS) is 12.7. The van der Waals surface area contributed by atoms with Gasteiger partial charge in [0, 0.05) is 11.8 Å². The molecule has 1 aromatic rings. The van der Waals surface area contributed by atoms with Gasteiger partial charge in [0.05, 0.1) is 12.7 Å². The van der Waals surface area contributed by atoms with Crippen LogP contribution in [-0.2, 0) is 11.5 Å². The van der Waals surface area contributed by atoms with Crippen molar-refractivity contribution in [1.82, 2.24) is 9.55 Å². The summed E-state index contributed by atoms with van der Waals surface area (Å²) in [4.78, 5) is 24.5. The van der Waals surface area contributed by atoms with Gasteiger partial charge >= 0.3 is 5.69 Å². The molecule has 1 heterocycles. The largest absolute Gasteiger partial charge is 0.394 e. The predicted octanol–water partition coefficient (Wildman–Crippen LogP) is -0.800. The van der Waals surface area contributed by atoms with Gasteiger partial charge in [-0.05, 0) is 13.8 Å². The van der Waals surface area contributed by atoms with Gasteiger partial charge in [0.1, 0.15) is 6.73 Å². The Morgan fingerprint density at radius 1 is 1.60 bits per heavy atom. The van der Waals surface area contributed by atoms with E-state index in [2.05, 4.69) is 4.98 Å². The quantitative estimate of drug-likeness (QED) is 0.687. The molecule has 0 saturated carbocycles. The molecule has 0 aliphatic rings. The van der Waals surface area contributed by atoms with Crippen LogP contribution >= 0.6 is 0 Å². The molecule has 0 spiro atoms. The van der Waals surface area contributed by atoms with E-state index in [1.165, 1.54) is 10.8 Å². The number of H-pyrrole nitrogens is 1. The van der Waals surface area contributed by atoms with Gasteiger partial charge in [-0.2, -0.15) is 0 Å². The van der Waals surface area contributed by atoms with Crippen LogP contribution in [0.5, 0.6) is 0 Å². The fourth-order valence-corrected chi connectivity index (χ4v) is 0.975. The number of rotatable bonds is 4. The molecule has 1 atom stereocenters. The minimum atomic E-state index is -0.518. The van der Waals surface area contributed by atoms with Crippen LogP contribution in [0, 0.1) is 6.92 Å². The Bertz CT molecular complexity index is 434. The Morgan fingerprint density at radius 3 is 2.87 bits per heavy atom. The number of aliphatic hydroxyl groups excluding tert-OH is 1. The Balaban J connectivity index is 2.82. The standard InChI is InChI=1S/C9H14N2O4/c1-6-3-11(5-15-7(2)4-12)9(14)10-8(6)13/h3,7,12H,4-5H2,1-2H3,(H,10,13,14). The van der Waals surface area contributed by atoms with Crippen molar-refractivity contribution >= 4 is 0 Å². The second-order valence-electron chi connectivity index (χ2n) is 3.33. The lowest BCUT2D eigenvalue weighted by atomic mass is 10.4. The predicted molar refractivity (Wildman–Crippen MR) is 53.7 cm³/mol. The summed E-state index contributed by atoms with van der Waals surface area (Å²) in [5.41, 5.74) is -0.475. The van der Waals surface area contributed by atoms with E-state index >= 15 is 0 Å². The number of nitrogens with one attached hydrogen (secondary N) is 1. The second-order valence-corrected chi connectivity index (χ2v) is 3.33. The highest BCUT2D eigenvalue weighted by Gasteiger charge is 2.03. The summed E-state index contributed by atoms with van der Waals surface area (Å²) in [5, 5.41) is 8.71. The third-order valence-electron chi connectivity index (χ3n) is 1.94. The van der Waals surface area contributed by atoms with Crippen molar-refractivity contribution in [3.05, 3.63) is 32.6 Å². The van der Waals surface area contributed by atoms with Crippen molar-refractivity contribution in [2.24, 2.45) is 0 Å². The van der Waals surface area contributed by atoms with Gasteiger partial charge in [-0.3, -0.25) is 14.3 Å². The maximum absolute atomic E-state index is 11.3. The summed E-state index contributed by atoms with van der Waals surface area (Å²) < 4.78 is 6.38. The van der Waals surface area contributed by atoms with Gasteiger partial charge in [-0.1, -0.05) is 0 Å². The van der Waals surface area contributed by atoms with Gasteiger partial charge in [-0.15, -0.1) is 0 Å². The zero-order valence-corrected chi connectivity index (χ0v) is 8.69. The Morgan fingerprint density at radius 2 is 2.27 bits per heavy atom. The van der Waals surface area contributed by atoms with Crippen molar-refractivity contribution in [3.63, 3.8) is 0 Å². The molecule has 0 aliphatic carbocycles. The molecule has 0 bridgehead atoms. The van der Waals surface area contributed by atoms with Gasteiger partial charge in [0.25, 0.3) is 5.56 Å². The zero-order chi connectivity index (χ0) is 11.4. The molecule has 0 fully saturated rings. The lowest BCUT2D eigenvalue weighted by Crippen LogP contribution is -2.32. The molecule has 0 aromatic carbocycles. The van der Waals surface area contributed by atoms with Crippen LogP contribution in [-0.4, -0.2) is 27.4 Å². The number of hydrogen-bond acceptors (Lipinski definition) is 4. The smallest absolute Gasteiger partial charge is 0.330 e. The number of aryl methyl sites for hydroxylation is 1. The van der Waals surface area contributed by atoms with Crippen LogP contribution in [0.2, 0.25) is 0 Å². The molecule has 6 heteroatoms. The van der Waals surface area contributed by atoms with E-state index in [9.17, 15) is 9.59 Å². The first-order valence-electron chi connectivity index (χ1n) is 4.57. The molecular weight excluding hydrogens is 200 g/mol. The molecule has 0 radical (unpaired) electrons. The first-order chi connectivity index (χ1) is 7.04. The topological polar surface area (TPSA) is 84.3 Å². The number of hydrogen-bond donors (Lipinski definition) is 2. The highest BCUT2D eigenvalue weighted by Crippen LogP contribution is 1.91.